The van der Waals surface area contributed by atoms with Gasteiger partial charge >= 0.3 is 0 Å². The fraction of sp³-hybridized carbons (Fsp3) is 0.364. The number of fused-ring (bicyclic) bond motifs is 1. The van der Waals surface area contributed by atoms with E-state index in [-0.39, 0.29) is 5.91 Å². The molecule has 3 N–H and O–H groups in total. The number of carbonyl (C=O) groups excluding carboxylic acids is 1. The van der Waals surface area contributed by atoms with Crippen LogP contribution in [0.25, 0.3) is 0 Å². The van der Waals surface area contributed by atoms with Crippen LogP contribution in [0.1, 0.15) is 17.5 Å². The molecule has 0 bridgehead atoms. The average Bonchev–Trinajstić information content (AvgIpc) is 2.72. The SMILES string of the molecule is NNC(=O)CSc1ccc2c(c1)CCC2. The third kappa shape index (κ3) is 2.52. The van der Waals surface area contributed by atoms with Crippen molar-refractivity contribution in [2.75, 3.05) is 5.75 Å². The van der Waals surface area contributed by atoms with E-state index in [2.05, 4.69) is 23.6 Å². The van der Waals surface area contributed by atoms with Gasteiger partial charge in [0.2, 0.25) is 5.91 Å². The number of rotatable bonds is 3. The normalized spacial score (nSPS) is 13.7. The van der Waals surface area contributed by atoms with Crippen molar-refractivity contribution in [3.05, 3.63) is 29.3 Å². The van der Waals surface area contributed by atoms with E-state index in [1.807, 2.05) is 0 Å². The minimum atomic E-state index is -0.138. The van der Waals surface area contributed by atoms with Crippen molar-refractivity contribution in [1.82, 2.24) is 5.43 Å². The Hall–Kier alpha value is -1.00. The van der Waals surface area contributed by atoms with Gasteiger partial charge in [0.25, 0.3) is 0 Å². The van der Waals surface area contributed by atoms with Gasteiger partial charge in [-0.3, -0.25) is 10.2 Å². The van der Waals surface area contributed by atoms with Crippen LogP contribution in [0.15, 0.2) is 23.1 Å². The highest BCUT2D eigenvalue weighted by molar-refractivity contribution is 8.00. The second kappa shape index (κ2) is 4.68. The van der Waals surface area contributed by atoms with Gasteiger partial charge in [-0.25, -0.2) is 5.84 Å². The predicted octanol–water partition coefficient (Wildman–Crippen LogP) is 1.26. The van der Waals surface area contributed by atoms with E-state index in [4.69, 9.17) is 5.84 Å². The maximum atomic E-state index is 11.0. The zero-order chi connectivity index (χ0) is 10.7. The maximum absolute atomic E-state index is 11.0. The summed E-state index contributed by atoms with van der Waals surface area (Å²) in [4.78, 5) is 12.1. The van der Waals surface area contributed by atoms with Gasteiger partial charge in [0.05, 0.1) is 5.75 Å². The van der Waals surface area contributed by atoms with Crippen molar-refractivity contribution < 1.29 is 4.79 Å². The number of nitrogens with one attached hydrogen (secondary N) is 1. The van der Waals surface area contributed by atoms with E-state index in [0.717, 1.165) is 4.90 Å². The van der Waals surface area contributed by atoms with E-state index in [1.54, 1.807) is 0 Å². The molecule has 3 nitrogen and oxygen atoms in total. The Balaban J connectivity index is 2.01. The maximum Gasteiger partial charge on any atom is 0.244 e. The number of benzene rings is 1. The van der Waals surface area contributed by atoms with Crippen LogP contribution in [-0.4, -0.2) is 11.7 Å². The van der Waals surface area contributed by atoms with Crippen molar-refractivity contribution in [3.63, 3.8) is 0 Å². The van der Waals surface area contributed by atoms with E-state index < -0.39 is 0 Å². The lowest BCUT2D eigenvalue weighted by Gasteiger charge is -2.04. The summed E-state index contributed by atoms with van der Waals surface area (Å²) in [7, 11) is 0. The van der Waals surface area contributed by atoms with E-state index in [1.165, 1.54) is 42.2 Å². The number of thioether (sulfide) groups is 1. The molecular weight excluding hydrogens is 208 g/mol. The molecule has 1 aromatic rings. The molecule has 1 aliphatic carbocycles. The first-order valence-electron chi connectivity index (χ1n) is 5.03. The van der Waals surface area contributed by atoms with Crippen LogP contribution in [0.3, 0.4) is 0 Å². The Bertz CT molecular complexity index is 379. The quantitative estimate of drug-likeness (QED) is 0.350. The lowest BCUT2D eigenvalue weighted by atomic mass is 10.1. The van der Waals surface area contributed by atoms with Crippen LogP contribution < -0.4 is 11.3 Å². The summed E-state index contributed by atoms with van der Waals surface area (Å²) in [6.45, 7) is 0. The van der Waals surface area contributed by atoms with E-state index in [9.17, 15) is 4.79 Å². The molecule has 1 amide bonds. The number of aryl methyl sites for hydroxylation is 2. The highest BCUT2D eigenvalue weighted by atomic mass is 32.2. The summed E-state index contributed by atoms with van der Waals surface area (Å²) in [5, 5.41) is 0. The summed E-state index contributed by atoms with van der Waals surface area (Å²) >= 11 is 1.53. The Morgan fingerprint density at radius 3 is 3.00 bits per heavy atom. The van der Waals surface area contributed by atoms with Crippen LogP contribution in [-0.2, 0) is 17.6 Å². The van der Waals surface area contributed by atoms with Gasteiger partial charge in [-0.05, 0) is 42.5 Å². The van der Waals surface area contributed by atoms with Gasteiger partial charge in [-0.1, -0.05) is 6.07 Å². The number of nitrogens with two attached hydrogens (primary N) is 1. The van der Waals surface area contributed by atoms with E-state index >= 15 is 0 Å². The Kier molecular flexibility index (Phi) is 3.28. The van der Waals surface area contributed by atoms with Gasteiger partial charge < -0.3 is 0 Å². The Morgan fingerprint density at radius 1 is 1.40 bits per heavy atom. The average molecular weight is 222 g/mol. The van der Waals surface area contributed by atoms with Crippen molar-refractivity contribution in [2.24, 2.45) is 5.84 Å². The molecule has 0 aromatic heterocycles. The third-order valence-electron chi connectivity index (χ3n) is 2.60. The molecule has 0 saturated heterocycles. The van der Waals surface area contributed by atoms with Gasteiger partial charge in [-0.2, -0.15) is 0 Å². The number of hydrogen-bond donors (Lipinski definition) is 2. The monoisotopic (exact) mass is 222 g/mol. The molecule has 0 atom stereocenters. The molecule has 15 heavy (non-hydrogen) atoms. The van der Waals surface area contributed by atoms with Crippen molar-refractivity contribution in [3.8, 4) is 0 Å². The number of carbonyl (C=O) groups is 1. The molecule has 2 rings (SSSR count). The molecule has 0 heterocycles. The van der Waals surface area contributed by atoms with Crippen LogP contribution in [0.4, 0.5) is 0 Å². The Morgan fingerprint density at radius 2 is 2.20 bits per heavy atom. The molecule has 0 fully saturated rings. The molecule has 1 aromatic carbocycles. The lowest BCUT2D eigenvalue weighted by Crippen LogP contribution is -2.31. The van der Waals surface area contributed by atoms with Crippen LogP contribution in [0.5, 0.6) is 0 Å². The second-order valence-corrected chi connectivity index (χ2v) is 4.69. The van der Waals surface area contributed by atoms with Gasteiger partial charge in [0.15, 0.2) is 0 Å². The largest absolute Gasteiger partial charge is 0.294 e. The molecule has 4 heteroatoms. The topological polar surface area (TPSA) is 55.1 Å². The smallest absolute Gasteiger partial charge is 0.244 e. The summed E-state index contributed by atoms with van der Waals surface area (Å²) < 4.78 is 0. The van der Waals surface area contributed by atoms with Crippen molar-refractivity contribution >= 4 is 17.7 Å². The number of hydrogen-bond acceptors (Lipinski definition) is 3. The summed E-state index contributed by atoms with van der Waals surface area (Å²) in [6.07, 6.45) is 3.63. The first-order valence-corrected chi connectivity index (χ1v) is 6.02. The predicted molar refractivity (Wildman–Crippen MR) is 61.5 cm³/mol. The molecule has 1 aliphatic rings. The first-order chi connectivity index (χ1) is 7.29. The van der Waals surface area contributed by atoms with Crippen molar-refractivity contribution in [1.29, 1.82) is 0 Å². The zero-order valence-corrected chi connectivity index (χ0v) is 9.27. The number of amides is 1. The highest BCUT2D eigenvalue weighted by Gasteiger charge is 2.11. The standard InChI is InChI=1S/C11H14N2OS/c12-13-11(14)7-15-10-5-4-8-2-1-3-9(8)6-10/h4-6H,1-3,7,12H2,(H,13,14). The highest BCUT2D eigenvalue weighted by Crippen LogP contribution is 2.27. The third-order valence-corrected chi connectivity index (χ3v) is 3.59. The summed E-state index contributed by atoms with van der Waals surface area (Å²) in [6, 6.07) is 6.44. The summed E-state index contributed by atoms with van der Waals surface area (Å²) in [5.74, 6) is 5.26. The minimum absolute atomic E-state index is 0.138. The van der Waals surface area contributed by atoms with Crippen LogP contribution in [0.2, 0.25) is 0 Å². The number of hydrazine groups is 1. The van der Waals surface area contributed by atoms with Crippen LogP contribution in [0, 0.1) is 0 Å². The molecule has 0 radical (unpaired) electrons. The molecule has 0 aliphatic heterocycles. The van der Waals surface area contributed by atoms with Crippen molar-refractivity contribution in [2.45, 2.75) is 24.2 Å². The van der Waals surface area contributed by atoms with Gasteiger partial charge in [-0.15, -0.1) is 11.8 Å². The lowest BCUT2D eigenvalue weighted by molar-refractivity contribution is -0.118. The molecular formula is C11H14N2OS. The second-order valence-electron chi connectivity index (χ2n) is 3.64. The fourth-order valence-electron chi connectivity index (χ4n) is 1.83. The minimum Gasteiger partial charge on any atom is -0.294 e. The molecule has 0 unspecified atom stereocenters. The first kappa shape index (κ1) is 10.5. The van der Waals surface area contributed by atoms with Crippen LogP contribution >= 0.6 is 11.8 Å². The summed E-state index contributed by atoms with van der Waals surface area (Å²) in [5.41, 5.74) is 5.03. The molecule has 80 valence electrons. The molecule has 0 spiro atoms. The Labute approximate surface area is 93.4 Å². The van der Waals surface area contributed by atoms with Gasteiger partial charge in [0, 0.05) is 4.90 Å². The fourth-order valence-corrected chi connectivity index (χ4v) is 2.60. The molecule has 0 saturated carbocycles. The van der Waals surface area contributed by atoms with Gasteiger partial charge in [0.1, 0.15) is 0 Å². The zero-order valence-electron chi connectivity index (χ0n) is 8.45. The van der Waals surface area contributed by atoms with E-state index in [0.29, 0.717) is 5.75 Å².